The number of carbonyl (C=O) groups is 1. The van der Waals surface area contributed by atoms with Crippen LogP contribution in [-0.4, -0.2) is 19.1 Å². The van der Waals surface area contributed by atoms with E-state index in [0.717, 1.165) is 10.5 Å². The van der Waals surface area contributed by atoms with Gasteiger partial charge in [0.25, 0.3) is 11.5 Å². The predicted molar refractivity (Wildman–Crippen MR) is 198 cm³/mol. The molecule has 0 N–H and O–H groups in total. The maximum absolute atomic E-state index is 10.8. The minimum atomic E-state index is 0.353. The molecule has 8 rings (SSSR count). The molecule has 2 atom stereocenters. The number of hydrogen-bond acceptors (Lipinski definition) is 4. The van der Waals surface area contributed by atoms with Crippen molar-refractivity contribution in [1.29, 1.82) is 0 Å². The van der Waals surface area contributed by atoms with Gasteiger partial charge in [-0.25, -0.2) is 0 Å². The number of ether oxygens (including phenoxy) is 1. The lowest BCUT2D eigenvalue weighted by Crippen LogP contribution is -2.37. The predicted octanol–water partition coefficient (Wildman–Crippen LogP) is 9.91. The second kappa shape index (κ2) is 13.5. The summed E-state index contributed by atoms with van der Waals surface area (Å²) < 4.78 is 8.50. The van der Waals surface area contributed by atoms with E-state index in [0.29, 0.717) is 31.6 Å². The van der Waals surface area contributed by atoms with Gasteiger partial charge in [0.05, 0.1) is 0 Å². The van der Waals surface area contributed by atoms with Crippen molar-refractivity contribution in [2.24, 2.45) is 0 Å². The Kier molecular flexibility index (Phi) is 8.44. The fourth-order valence-electron chi connectivity index (χ4n) is 7.55. The fourth-order valence-corrected chi connectivity index (χ4v) is 8.64. The van der Waals surface area contributed by atoms with Crippen LogP contribution in [0.15, 0.2) is 127 Å². The molecule has 236 valence electrons. The topological polar surface area (TPSA) is 33.4 Å². The van der Waals surface area contributed by atoms with E-state index in [4.69, 9.17) is 4.74 Å². The standard InChI is InChI=1S/C43H37N2O2S/c46-30-47-27-26-44-41-15-7-8-17-42(41)48-43(44)25-21-32-20-24-40-38(29-32)36-14-9-16-39(36)45(40)35-22-18-31(19-23-35)28-37(33-10-3-1-4-11-33)34-12-5-2-6-13-34/h1-8,10-13,15,17-25,28-30,36,39H,9,14,16,26-27H2/q+1. The van der Waals surface area contributed by atoms with E-state index in [2.05, 4.69) is 155 Å². The summed E-state index contributed by atoms with van der Waals surface area (Å²) in [5.74, 6) is 0.547. The number of aromatic nitrogens is 1. The monoisotopic (exact) mass is 645 g/mol. The molecule has 1 aromatic heterocycles. The van der Waals surface area contributed by atoms with Crippen molar-refractivity contribution in [1.82, 2.24) is 0 Å². The molecule has 0 saturated heterocycles. The summed E-state index contributed by atoms with van der Waals surface area (Å²) in [7, 11) is 0. The molecule has 2 unspecified atom stereocenters. The second-order valence-corrected chi connectivity index (χ2v) is 13.6. The summed E-state index contributed by atoms with van der Waals surface area (Å²) in [6.45, 7) is 1.50. The van der Waals surface area contributed by atoms with E-state index in [-0.39, 0.29) is 0 Å². The molecule has 2 heterocycles. The van der Waals surface area contributed by atoms with Gasteiger partial charge in [-0.3, -0.25) is 4.79 Å². The van der Waals surface area contributed by atoms with Crippen LogP contribution in [-0.2, 0) is 16.1 Å². The van der Waals surface area contributed by atoms with E-state index in [9.17, 15) is 4.79 Å². The lowest BCUT2D eigenvalue weighted by molar-refractivity contribution is -0.669. The van der Waals surface area contributed by atoms with Crippen molar-refractivity contribution in [2.45, 2.75) is 37.8 Å². The first-order valence-corrected chi connectivity index (χ1v) is 17.6. The number of benzene rings is 5. The van der Waals surface area contributed by atoms with Crippen molar-refractivity contribution in [3.8, 4) is 0 Å². The van der Waals surface area contributed by atoms with Crippen molar-refractivity contribution >= 4 is 63.2 Å². The Morgan fingerprint density at radius 2 is 1.50 bits per heavy atom. The normalized spacial score (nSPS) is 16.6. The average molecular weight is 646 g/mol. The summed E-state index contributed by atoms with van der Waals surface area (Å²) >= 11 is 1.76. The van der Waals surface area contributed by atoms with Gasteiger partial charge in [-0.05, 0) is 88.7 Å². The number of fused-ring (bicyclic) bond motifs is 4. The smallest absolute Gasteiger partial charge is 0.293 e. The molecular weight excluding hydrogens is 609 g/mol. The lowest BCUT2D eigenvalue weighted by atomic mass is 9.95. The van der Waals surface area contributed by atoms with Crippen LogP contribution in [0.25, 0.3) is 34.0 Å². The lowest BCUT2D eigenvalue weighted by Gasteiger charge is -2.27. The third-order valence-electron chi connectivity index (χ3n) is 9.73. The molecule has 6 aromatic rings. The maximum atomic E-state index is 10.8. The van der Waals surface area contributed by atoms with Crippen molar-refractivity contribution in [2.75, 3.05) is 11.5 Å². The Labute approximate surface area is 285 Å². The molecule has 5 aromatic carbocycles. The largest absolute Gasteiger partial charge is 0.461 e. The van der Waals surface area contributed by atoms with Crippen LogP contribution >= 0.6 is 11.3 Å². The molecule has 1 saturated carbocycles. The summed E-state index contributed by atoms with van der Waals surface area (Å²) in [5, 5.41) is 1.14. The van der Waals surface area contributed by atoms with Crippen molar-refractivity contribution < 1.29 is 14.1 Å². The Morgan fingerprint density at radius 1 is 0.792 bits per heavy atom. The van der Waals surface area contributed by atoms with Crippen LogP contribution in [0.3, 0.4) is 0 Å². The zero-order chi connectivity index (χ0) is 32.3. The average Bonchev–Trinajstić information content (AvgIpc) is 3.84. The van der Waals surface area contributed by atoms with E-state index in [1.54, 1.807) is 11.3 Å². The van der Waals surface area contributed by atoms with Gasteiger partial charge >= 0.3 is 0 Å². The van der Waals surface area contributed by atoms with Gasteiger partial charge < -0.3 is 9.64 Å². The Hall–Kier alpha value is -5.26. The van der Waals surface area contributed by atoms with Gasteiger partial charge in [0.15, 0.2) is 6.54 Å². The van der Waals surface area contributed by atoms with Gasteiger partial charge in [-0.2, -0.15) is 4.57 Å². The molecule has 0 bridgehead atoms. The first-order chi connectivity index (χ1) is 23.8. The van der Waals surface area contributed by atoms with Crippen LogP contribution in [0, 0.1) is 0 Å². The molecule has 1 aliphatic heterocycles. The molecule has 0 spiro atoms. The summed E-state index contributed by atoms with van der Waals surface area (Å²) in [6.07, 6.45) is 10.4. The third-order valence-corrected chi connectivity index (χ3v) is 10.9. The highest BCUT2D eigenvalue weighted by Gasteiger charge is 2.42. The number of rotatable bonds is 10. The highest BCUT2D eigenvalue weighted by molar-refractivity contribution is 7.18. The summed E-state index contributed by atoms with van der Waals surface area (Å²) in [4.78, 5) is 13.4. The second-order valence-electron chi connectivity index (χ2n) is 12.5. The first kappa shape index (κ1) is 30.1. The Bertz CT molecular complexity index is 2070. The van der Waals surface area contributed by atoms with Crippen LogP contribution in [0.2, 0.25) is 0 Å². The van der Waals surface area contributed by atoms with Gasteiger partial charge in [-0.15, -0.1) is 0 Å². The highest BCUT2D eigenvalue weighted by atomic mass is 32.1. The number of para-hydroxylation sites is 1. The van der Waals surface area contributed by atoms with Crippen molar-refractivity contribution in [3.05, 3.63) is 160 Å². The van der Waals surface area contributed by atoms with Gasteiger partial charge in [0, 0.05) is 35.5 Å². The van der Waals surface area contributed by atoms with Gasteiger partial charge in [-0.1, -0.05) is 109 Å². The van der Waals surface area contributed by atoms with Gasteiger partial charge in [0.1, 0.15) is 11.3 Å². The number of hydrogen-bond donors (Lipinski definition) is 0. The Balaban J connectivity index is 1.08. The van der Waals surface area contributed by atoms with E-state index >= 15 is 0 Å². The first-order valence-electron chi connectivity index (χ1n) is 16.8. The molecule has 0 amide bonds. The van der Waals surface area contributed by atoms with E-state index in [1.807, 2.05) is 0 Å². The quantitative estimate of drug-likeness (QED) is 0.0644. The van der Waals surface area contributed by atoms with E-state index < -0.39 is 0 Å². The number of carbonyl (C=O) groups excluding carboxylic acids is 1. The summed E-state index contributed by atoms with van der Waals surface area (Å²) in [6, 6.07) is 46.3. The zero-order valence-corrected chi connectivity index (χ0v) is 27.6. The van der Waals surface area contributed by atoms with Crippen LogP contribution in [0.5, 0.6) is 0 Å². The number of anilines is 2. The molecule has 1 aliphatic carbocycles. The van der Waals surface area contributed by atoms with Crippen LogP contribution < -0.4 is 9.47 Å². The summed E-state index contributed by atoms with van der Waals surface area (Å²) in [5.41, 5.74) is 11.3. The van der Waals surface area contributed by atoms with Crippen LogP contribution in [0.4, 0.5) is 11.4 Å². The molecule has 0 radical (unpaired) electrons. The molecule has 1 fully saturated rings. The maximum Gasteiger partial charge on any atom is 0.293 e. The number of nitrogens with zero attached hydrogens (tertiary/aromatic N) is 2. The van der Waals surface area contributed by atoms with Crippen molar-refractivity contribution in [3.63, 3.8) is 0 Å². The molecule has 5 heteroatoms. The van der Waals surface area contributed by atoms with Gasteiger partial charge in [0.2, 0.25) is 5.52 Å². The van der Waals surface area contributed by atoms with Crippen LogP contribution in [0.1, 0.15) is 58.0 Å². The minimum absolute atomic E-state index is 0.353. The fraction of sp³-hybridized carbons (Fsp3) is 0.163. The highest BCUT2D eigenvalue weighted by Crippen LogP contribution is 2.52. The molecule has 2 aliphatic rings. The Morgan fingerprint density at radius 3 is 2.25 bits per heavy atom. The number of thiazole rings is 1. The minimum Gasteiger partial charge on any atom is -0.461 e. The SMILES string of the molecule is O=COCC[n+]1c(/C=C/c2ccc3c(c2)C2CCCC2N3c2ccc(C=C(c3ccccc3)c3ccccc3)cc2)sc2ccccc21. The zero-order valence-electron chi connectivity index (χ0n) is 26.7. The molecule has 4 nitrogen and oxygen atoms in total. The molecule has 48 heavy (non-hydrogen) atoms. The molecular formula is C43H37N2O2S+. The third kappa shape index (κ3) is 5.86. The van der Waals surface area contributed by atoms with E-state index in [1.165, 1.54) is 68.7 Å².